The van der Waals surface area contributed by atoms with Gasteiger partial charge in [-0.2, -0.15) is 0 Å². The van der Waals surface area contributed by atoms with Gasteiger partial charge in [-0.15, -0.1) is 0 Å². The van der Waals surface area contributed by atoms with Crippen molar-refractivity contribution in [3.05, 3.63) is 210 Å². The maximum Gasteiger partial charge on any atom is 0.198 e. The summed E-state index contributed by atoms with van der Waals surface area (Å²) in [7, 11) is 0.753. The Morgan fingerprint density at radius 1 is 0.500 bits per heavy atom. The highest BCUT2D eigenvalue weighted by Crippen LogP contribution is 2.54. The van der Waals surface area contributed by atoms with Gasteiger partial charge in [-0.05, 0) is 121 Å². The van der Waals surface area contributed by atoms with E-state index in [2.05, 4.69) is 240 Å². The highest BCUT2D eigenvalue weighted by atomic mass is 16.3. The molecule has 0 radical (unpaired) electrons. The Bertz CT molecular complexity index is 4010. The largest absolute Gasteiger partial charge is 0.455 e. The van der Waals surface area contributed by atoms with Gasteiger partial charge in [-0.25, -0.2) is 0 Å². The van der Waals surface area contributed by atoms with E-state index in [1.807, 2.05) is 0 Å². The number of fused-ring (bicyclic) bond motifs is 12. The maximum absolute atomic E-state index is 7.07. The highest BCUT2D eigenvalue weighted by Gasteiger charge is 2.39. The number of nitrogens with zero attached hydrogens (tertiary/aromatic N) is 1. The van der Waals surface area contributed by atoms with Crippen molar-refractivity contribution >= 4 is 62.4 Å². The molecule has 0 bridgehead atoms. The maximum atomic E-state index is 7.07. The lowest BCUT2D eigenvalue weighted by Crippen LogP contribution is -2.37. The molecule has 2 aromatic heterocycles. The van der Waals surface area contributed by atoms with Crippen molar-refractivity contribution in [2.45, 2.75) is 64.7 Å². The zero-order valence-corrected chi connectivity index (χ0v) is 40.9. The summed E-state index contributed by atoms with van der Waals surface area (Å²) in [4.78, 5) is 0. The van der Waals surface area contributed by atoms with Gasteiger partial charge in [-0.3, -0.25) is 0 Å². The lowest BCUT2D eigenvalue weighted by molar-refractivity contribution is 0.590. The van der Waals surface area contributed by atoms with Crippen LogP contribution in [0.25, 0.3) is 94.3 Å². The van der Waals surface area contributed by atoms with Gasteiger partial charge in [0, 0.05) is 66.3 Å². The van der Waals surface area contributed by atoms with Crippen LogP contribution >= 0.6 is 0 Å². The molecule has 70 heavy (non-hydrogen) atoms. The van der Waals surface area contributed by atoms with Crippen LogP contribution in [0.15, 0.2) is 186 Å². The van der Waals surface area contributed by atoms with Crippen LogP contribution in [0, 0.1) is 0 Å². The van der Waals surface area contributed by atoms with E-state index in [-0.39, 0.29) is 16.2 Å². The van der Waals surface area contributed by atoms with Crippen LogP contribution in [0.3, 0.4) is 0 Å². The van der Waals surface area contributed by atoms with Crippen molar-refractivity contribution in [1.29, 1.82) is 0 Å². The quantitative estimate of drug-likeness (QED) is 0.174. The van der Waals surface area contributed by atoms with Crippen LogP contribution in [-0.4, -0.2) is 11.8 Å². The predicted molar refractivity (Wildman–Crippen MR) is 297 cm³/mol. The number of nitrogens with one attached hydrogen (secondary N) is 1. The van der Waals surface area contributed by atoms with E-state index in [0.29, 0.717) is 0 Å². The van der Waals surface area contributed by atoms with Gasteiger partial charge in [-0.1, -0.05) is 187 Å². The third kappa shape index (κ3) is 5.77. The molecule has 9 aromatic carbocycles. The molecule has 4 heteroatoms. The Morgan fingerprint density at radius 3 is 1.79 bits per heavy atom. The monoisotopic (exact) mass is 900 g/mol. The zero-order valence-electron chi connectivity index (χ0n) is 40.9. The summed E-state index contributed by atoms with van der Waals surface area (Å²) < 4.78 is 9.69. The summed E-state index contributed by atoms with van der Waals surface area (Å²) >= 11 is 0. The van der Waals surface area contributed by atoms with Crippen molar-refractivity contribution in [3.63, 3.8) is 0 Å². The molecule has 0 atom stereocenters. The van der Waals surface area contributed by atoms with Crippen LogP contribution in [0.5, 0.6) is 0 Å². The third-order valence-electron chi connectivity index (χ3n) is 16.4. The van der Waals surface area contributed by atoms with Gasteiger partial charge in [0.2, 0.25) is 0 Å². The minimum Gasteiger partial charge on any atom is -0.455 e. The van der Waals surface area contributed by atoms with Gasteiger partial charge < -0.3 is 14.3 Å². The minimum absolute atomic E-state index is 0.0621. The van der Waals surface area contributed by atoms with Crippen molar-refractivity contribution < 1.29 is 4.42 Å². The van der Waals surface area contributed by atoms with E-state index in [1.54, 1.807) is 0 Å². The van der Waals surface area contributed by atoms with E-state index in [1.165, 1.54) is 99.6 Å². The number of hydrogen-bond donors (Lipinski definition) is 1. The average molecular weight is 901 g/mol. The van der Waals surface area contributed by atoms with Gasteiger partial charge in [0.1, 0.15) is 11.3 Å². The average Bonchev–Trinajstić information content (AvgIpc) is 4.04. The summed E-state index contributed by atoms with van der Waals surface area (Å²) in [6.07, 6.45) is 0. The second kappa shape index (κ2) is 14.4. The van der Waals surface area contributed by atoms with Crippen molar-refractivity contribution in [2.24, 2.45) is 0 Å². The summed E-state index contributed by atoms with van der Waals surface area (Å²) in [5.41, 5.74) is 27.1. The van der Waals surface area contributed by atoms with Crippen LogP contribution in [0.1, 0.15) is 76.3 Å². The molecule has 1 aliphatic heterocycles. The van der Waals surface area contributed by atoms with E-state index in [9.17, 15) is 0 Å². The first-order valence-corrected chi connectivity index (χ1v) is 25.0. The van der Waals surface area contributed by atoms with Crippen molar-refractivity contribution in [3.8, 4) is 61.5 Å². The highest BCUT2D eigenvalue weighted by molar-refractivity contribution is 6.73. The molecule has 0 unspecified atom stereocenters. The molecule has 0 spiro atoms. The Labute approximate surface area is 410 Å². The molecule has 14 rings (SSSR count). The molecule has 3 nitrogen and oxygen atoms in total. The van der Waals surface area contributed by atoms with E-state index < -0.39 is 0 Å². The molecule has 3 aliphatic rings. The fourth-order valence-corrected chi connectivity index (χ4v) is 12.7. The van der Waals surface area contributed by atoms with Crippen LogP contribution in [0.2, 0.25) is 0 Å². The molecular weight excluding hydrogens is 848 g/mol. The lowest BCUT2D eigenvalue weighted by Gasteiger charge is -2.26. The Kier molecular flexibility index (Phi) is 8.45. The fourth-order valence-electron chi connectivity index (χ4n) is 12.7. The molecule has 336 valence electrons. The summed E-state index contributed by atoms with van der Waals surface area (Å²) in [5.74, 6) is 0.897. The number of hydrogen-bond acceptors (Lipinski definition) is 2. The van der Waals surface area contributed by atoms with E-state index in [0.717, 1.165) is 52.1 Å². The molecule has 0 fully saturated rings. The first kappa shape index (κ1) is 41.2. The second-order valence-electron chi connectivity index (χ2n) is 22.2. The van der Waals surface area contributed by atoms with Crippen LogP contribution < -0.4 is 16.2 Å². The molecule has 11 aromatic rings. The lowest BCUT2D eigenvalue weighted by atomic mass is 9.59. The summed E-state index contributed by atoms with van der Waals surface area (Å²) in [5, 5.41) is 7.71. The zero-order chi connectivity index (χ0) is 47.4. The standard InChI is InChI=1S/C66H53BN2O/c1-64(2,3)40-26-28-41(29-27-40)68-56-36-54-46(42-22-14-16-24-51(42)66(54,6)7)32-48(56)44-30-31-45-49-33-53-47(43-23-15-17-25-52(43)65(53,4)5)34-57(49)69-58-35-50-59(37-55(58)67-61(44)62(45)69)70-63(39-20-12-9-13-21-39)60(50)38-18-10-8-11-19-38/h8-37,67-68H,1-7H3. The van der Waals surface area contributed by atoms with Gasteiger partial charge in [0.05, 0.1) is 5.52 Å². The molecule has 0 saturated carbocycles. The molecule has 0 saturated heterocycles. The smallest absolute Gasteiger partial charge is 0.198 e. The number of furan rings is 1. The fraction of sp³-hybridized carbons (Fsp3) is 0.152. The predicted octanol–water partition coefficient (Wildman–Crippen LogP) is 15.9. The Morgan fingerprint density at radius 2 is 1.11 bits per heavy atom. The molecule has 1 N–H and O–H groups in total. The van der Waals surface area contributed by atoms with Gasteiger partial charge in [0.25, 0.3) is 0 Å². The molecular formula is C66H53BN2O. The van der Waals surface area contributed by atoms with E-state index >= 15 is 0 Å². The Balaban J connectivity index is 1.07. The SMILES string of the molecule is CC(C)(C)c1ccc(Nc2cc3c(cc2-c2ccc4c5cc6c(cc5n5c4c2Bc2cc4oc(-c7ccccc7)c(-c7ccccc7)c4cc2-5)-c2ccccc2C6(C)C)-c2ccccc2C3(C)C)cc1. The first-order chi connectivity index (χ1) is 33.8. The number of anilines is 2. The molecule has 2 aliphatic carbocycles. The minimum atomic E-state index is -0.154. The number of benzene rings is 9. The van der Waals surface area contributed by atoms with Crippen LogP contribution in [-0.2, 0) is 16.2 Å². The van der Waals surface area contributed by atoms with Gasteiger partial charge in [0.15, 0.2) is 7.28 Å². The third-order valence-corrected chi connectivity index (χ3v) is 16.4. The first-order valence-electron chi connectivity index (χ1n) is 25.0. The molecule has 0 amide bonds. The summed E-state index contributed by atoms with van der Waals surface area (Å²) in [6, 6.07) is 68.1. The van der Waals surface area contributed by atoms with Crippen molar-refractivity contribution in [2.75, 3.05) is 5.32 Å². The van der Waals surface area contributed by atoms with Gasteiger partial charge >= 0.3 is 0 Å². The van der Waals surface area contributed by atoms with E-state index in [4.69, 9.17) is 4.42 Å². The number of rotatable bonds is 5. The van der Waals surface area contributed by atoms with Crippen molar-refractivity contribution in [1.82, 2.24) is 4.57 Å². The number of aromatic nitrogens is 1. The normalized spacial score (nSPS) is 14.6. The Hall–Kier alpha value is -7.82. The van der Waals surface area contributed by atoms with Crippen LogP contribution in [0.4, 0.5) is 11.4 Å². The topological polar surface area (TPSA) is 30.1 Å². The summed E-state index contributed by atoms with van der Waals surface area (Å²) in [6.45, 7) is 16.4. The molecule has 3 heterocycles. The second-order valence-corrected chi connectivity index (χ2v) is 22.2.